The summed E-state index contributed by atoms with van der Waals surface area (Å²) in [4.78, 5) is 20.4. The van der Waals surface area contributed by atoms with Crippen LogP contribution in [0.2, 0.25) is 0 Å². The predicted octanol–water partition coefficient (Wildman–Crippen LogP) is 2.80. The van der Waals surface area contributed by atoms with Gasteiger partial charge >= 0.3 is 0 Å². The Morgan fingerprint density at radius 2 is 2.10 bits per heavy atom. The molecule has 0 bridgehead atoms. The highest BCUT2D eigenvalue weighted by molar-refractivity contribution is 6.02. The maximum Gasteiger partial charge on any atom is 0.253 e. The van der Waals surface area contributed by atoms with E-state index < -0.39 is 0 Å². The van der Waals surface area contributed by atoms with Crippen LogP contribution in [0.15, 0.2) is 36.0 Å². The van der Waals surface area contributed by atoms with Crippen molar-refractivity contribution in [1.82, 2.24) is 20.2 Å². The van der Waals surface area contributed by atoms with Crippen molar-refractivity contribution in [2.75, 3.05) is 5.32 Å². The molecular weight excluding hydrogens is 266 g/mol. The molecule has 0 spiro atoms. The van der Waals surface area contributed by atoms with Gasteiger partial charge in [0.25, 0.3) is 5.91 Å². The largest absolute Gasteiger partial charge is 0.289 e. The molecule has 0 aliphatic rings. The number of aromatic nitrogens is 4. The first-order valence-corrected chi connectivity index (χ1v) is 6.70. The molecule has 6 nitrogen and oxygen atoms in total. The number of rotatable bonds is 3. The zero-order chi connectivity index (χ0) is 15.5. The van der Waals surface area contributed by atoms with E-state index in [1.165, 1.54) is 0 Å². The van der Waals surface area contributed by atoms with Crippen LogP contribution in [0, 0.1) is 5.41 Å². The van der Waals surface area contributed by atoms with Crippen molar-refractivity contribution in [2.45, 2.75) is 27.7 Å². The summed E-state index contributed by atoms with van der Waals surface area (Å²) >= 11 is 0. The molecule has 21 heavy (non-hydrogen) atoms. The third kappa shape index (κ3) is 4.24. The van der Waals surface area contributed by atoms with Crippen LogP contribution in [0.25, 0.3) is 11.5 Å². The number of carbonyl (C=O) groups is 1. The molecule has 0 fully saturated rings. The molecule has 0 atom stereocenters. The number of nitrogens with zero attached hydrogens (tertiary/aromatic N) is 3. The number of H-pyrrole nitrogens is 1. The van der Waals surface area contributed by atoms with Crippen LogP contribution >= 0.6 is 0 Å². The van der Waals surface area contributed by atoms with Gasteiger partial charge in [-0.15, -0.1) is 5.10 Å². The number of aromatic amines is 1. The summed E-state index contributed by atoms with van der Waals surface area (Å²) in [6, 6.07) is 5.50. The summed E-state index contributed by atoms with van der Waals surface area (Å²) in [7, 11) is 0. The van der Waals surface area contributed by atoms with Gasteiger partial charge in [0.05, 0.1) is 0 Å². The average molecular weight is 285 g/mol. The minimum absolute atomic E-state index is 0.0560. The Labute approximate surface area is 123 Å². The number of pyridine rings is 1. The number of amides is 1. The fourth-order valence-corrected chi connectivity index (χ4v) is 1.85. The average Bonchev–Trinajstić information content (AvgIpc) is 2.86. The predicted molar refractivity (Wildman–Crippen MR) is 81.5 cm³/mol. The fraction of sp³-hybridized carbons (Fsp3) is 0.333. The van der Waals surface area contributed by atoms with Crippen LogP contribution in [0.3, 0.4) is 0 Å². The fourth-order valence-electron chi connectivity index (χ4n) is 1.85. The highest BCUT2D eigenvalue weighted by atomic mass is 16.1. The third-order valence-corrected chi connectivity index (χ3v) is 2.63. The Kier molecular flexibility index (Phi) is 4.16. The van der Waals surface area contributed by atoms with Gasteiger partial charge in [0.15, 0.2) is 5.82 Å². The number of allylic oxidation sites excluding steroid dienone is 1. The van der Waals surface area contributed by atoms with Gasteiger partial charge < -0.3 is 0 Å². The maximum atomic E-state index is 12.0. The zero-order valence-electron chi connectivity index (χ0n) is 12.6. The molecule has 6 heteroatoms. The lowest BCUT2D eigenvalue weighted by molar-refractivity contribution is -0.112. The number of carbonyl (C=O) groups excluding carboxylic acids is 1. The molecule has 110 valence electrons. The second-order valence-corrected chi connectivity index (χ2v) is 5.87. The first-order valence-electron chi connectivity index (χ1n) is 6.70. The van der Waals surface area contributed by atoms with Gasteiger partial charge in [-0.1, -0.05) is 32.9 Å². The van der Waals surface area contributed by atoms with E-state index in [0.29, 0.717) is 17.1 Å². The van der Waals surface area contributed by atoms with Gasteiger partial charge in [-0.3, -0.25) is 20.2 Å². The number of hydrogen-bond acceptors (Lipinski definition) is 4. The molecule has 2 rings (SSSR count). The minimum atomic E-state index is -0.212. The Morgan fingerprint density at radius 3 is 2.71 bits per heavy atom. The van der Waals surface area contributed by atoms with Gasteiger partial charge in [-0.25, -0.2) is 0 Å². The Hall–Kier alpha value is -2.50. The minimum Gasteiger partial charge on any atom is -0.289 e. The van der Waals surface area contributed by atoms with E-state index in [1.54, 1.807) is 13.1 Å². The number of hydrogen-bond donors (Lipinski definition) is 2. The maximum absolute atomic E-state index is 12.0. The lowest BCUT2D eigenvalue weighted by Crippen LogP contribution is -2.15. The molecule has 2 heterocycles. The smallest absolute Gasteiger partial charge is 0.253 e. The van der Waals surface area contributed by atoms with E-state index in [9.17, 15) is 4.79 Å². The van der Waals surface area contributed by atoms with Gasteiger partial charge in [0.1, 0.15) is 5.69 Å². The van der Waals surface area contributed by atoms with Gasteiger partial charge in [0, 0.05) is 11.8 Å². The monoisotopic (exact) mass is 285 g/mol. The molecule has 0 unspecified atom stereocenters. The summed E-state index contributed by atoms with van der Waals surface area (Å²) in [5, 5.41) is 9.40. The second kappa shape index (κ2) is 5.87. The van der Waals surface area contributed by atoms with Crippen molar-refractivity contribution >= 4 is 11.9 Å². The van der Waals surface area contributed by atoms with E-state index in [0.717, 1.165) is 0 Å². The molecule has 0 aliphatic heterocycles. The van der Waals surface area contributed by atoms with Gasteiger partial charge in [0.2, 0.25) is 5.95 Å². The molecule has 0 aliphatic carbocycles. The molecular formula is C15H19N5O. The number of anilines is 1. The van der Waals surface area contributed by atoms with Crippen molar-refractivity contribution in [3.63, 3.8) is 0 Å². The molecule has 0 aromatic carbocycles. The van der Waals surface area contributed by atoms with Crippen molar-refractivity contribution in [3.05, 3.63) is 36.0 Å². The Balaban J connectivity index is 2.10. The van der Waals surface area contributed by atoms with Crippen LogP contribution in [0.5, 0.6) is 0 Å². The second-order valence-electron chi connectivity index (χ2n) is 5.87. The van der Waals surface area contributed by atoms with Crippen LogP contribution in [-0.2, 0) is 4.79 Å². The highest BCUT2D eigenvalue weighted by Gasteiger charge is 2.13. The summed E-state index contributed by atoms with van der Waals surface area (Å²) in [6.45, 7) is 7.88. The Morgan fingerprint density at radius 1 is 1.33 bits per heavy atom. The topological polar surface area (TPSA) is 83.6 Å². The molecule has 2 aromatic heterocycles. The van der Waals surface area contributed by atoms with E-state index in [1.807, 2.05) is 45.0 Å². The van der Waals surface area contributed by atoms with Crippen LogP contribution < -0.4 is 5.32 Å². The molecule has 0 saturated carbocycles. The van der Waals surface area contributed by atoms with Crippen molar-refractivity contribution in [2.24, 2.45) is 5.41 Å². The molecule has 0 saturated heterocycles. The van der Waals surface area contributed by atoms with E-state index in [4.69, 9.17) is 0 Å². The normalized spacial score (nSPS) is 12.3. The van der Waals surface area contributed by atoms with Crippen molar-refractivity contribution in [3.8, 4) is 11.5 Å². The van der Waals surface area contributed by atoms with Crippen molar-refractivity contribution in [1.29, 1.82) is 0 Å². The number of nitrogens with one attached hydrogen (secondary N) is 2. The first-order chi connectivity index (χ1) is 9.85. The zero-order valence-corrected chi connectivity index (χ0v) is 12.6. The summed E-state index contributed by atoms with van der Waals surface area (Å²) < 4.78 is 0. The first kappa shape index (κ1) is 14.9. The Bertz CT molecular complexity index is 652. The highest BCUT2D eigenvalue weighted by Crippen LogP contribution is 2.18. The molecule has 1 amide bonds. The summed E-state index contributed by atoms with van der Waals surface area (Å²) in [6.07, 6.45) is 3.58. The quantitative estimate of drug-likeness (QED) is 0.849. The van der Waals surface area contributed by atoms with Crippen LogP contribution in [0.1, 0.15) is 27.7 Å². The van der Waals surface area contributed by atoms with Gasteiger partial charge in [-0.05, 0) is 24.5 Å². The molecule has 2 N–H and O–H groups in total. The van der Waals surface area contributed by atoms with Crippen LogP contribution in [-0.4, -0.2) is 26.1 Å². The van der Waals surface area contributed by atoms with Gasteiger partial charge in [-0.2, -0.15) is 4.98 Å². The summed E-state index contributed by atoms with van der Waals surface area (Å²) in [5.41, 5.74) is 1.25. The van der Waals surface area contributed by atoms with Crippen molar-refractivity contribution < 1.29 is 4.79 Å². The van der Waals surface area contributed by atoms with Crippen LogP contribution in [0.4, 0.5) is 5.95 Å². The summed E-state index contributed by atoms with van der Waals surface area (Å²) in [5.74, 6) is 0.544. The lowest BCUT2D eigenvalue weighted by atomic mass is 9.94. The SMILES string of the molecule is C/C(=C\C(C)(C)C)C(=O)Nc1n[nH]c(-c2ccccn2)n1. The lowest BCUT2D eigenvalue weighted by Gasteiger charge is -2.13. The molecule has 0 radical (unpaired) electrons. The third-order valence-electron chi connectivity index (χ3n) is 2.63. The van der Waals surface area contributed by atoms with E-state index in [-0.39, 0.29) is 17.3 Å². The van der Waals surface area contributed by atoms with E-state index in [2.05, 4.69) is 25.5 Å². The van der Waals surface area contributed by atoms with E-state index >= 15 is 0 Å². The standard InChI is InChI=1S/C15H19N5O/c1-10(9-15(2,3)4)13(21)18-14-17-12(19-20-14)11-7-5-6-8-16-11/h5-9H,1-4H3,(H2,17,18,19,20,21)/b10-9+. The molecule has 2 aromatic rings.